The molecule has 4 rings (SSSR count). The van der Waals surface area contributed by atoms with Crippen LogP contribution in [0, 0.1) is 0 Å². The van der Waals surface area contributed by atoms with Gasteiger partial charge in [-0.2, -0.15) is 0 Å². The summed E-state index contributed by atoms with van der Waals surface area (Å²) in [5.74, 6) is -0.881. The van der Waals surface area contributed by atoms with Gasteiger partial charge < -0.3 is 4.74 Å². The lowest BCUT2D eigenvalue weighted by Crippen LogP contribution is -2.54. The molecule has 8 heteroatoms. The van der Waals surface area contributed by atoms with E-state index in [4.69, 9.17) is 16.3 Å². The van der Waals surface area contributed by atoms with Gasteiger partial charge >= 0.3 is 6.03 Å². The van der Waals surface area contributed by atoms with E-state index in [2.05, 4.69) is 21.2 Å². The van der Waals surface area contributed by atoms with E-state index in [1.165, 1.54) is 12.1 Å². The van der Waals surface area contributed by atoms with E-state index in [0.29, 0.717) is 22.8 Å². The highest BCUT2D eigenvalue weighted by molar-refractivity contribution is 9.10. The Morgan fingerprint density at radius 1 is 1.00 bits per heavy atom. The average molecular weight is 526 g/mol. The molecule has 0 radical (unpaired) electrons. The van der Waals surface area contributed by atoms with Gasteiger partial charge in [0.15, 0.2) is 0 Å². The van der Waals surface area contributed by atoms with Gasteiger partial charge in [0.1, 0.15) is 11.3 Å². The van der Waals surface area contributed by atoms with E-state index in [9.17, 15) is 14.4 Å². The van der Waals surface area contributed by atoms with Gasteiger partial charge in [-0.05, 0) is 53.1 Å². The number of nitrogens with zero attached hydrogens (tertiary/aromatic N) is 1. The standard InChI is InChI=1S/C25H18BrClN2O4/c1-33-22-12-15(9-10-17(22)13-16-5-2-3-8-21(16)26)11-20-23(30)28-25(32)29(24(20)31)19-7-4-6-18(27)14-19/h2-12,14H,13H2,1H3,(H,28,30,32)/b20-11+. The highest BCUT2D eigenvalue weighted by Crippen LogP contribution is 2.29. The smallest absolute Gasteiger partial charge is 0.335 e. The third-order valence-electron chi connectivity index (χ3n) is 5.13. The highest BCUT2D eigenvalue weighted by atomic mass is 79.9. The van der Waals surface area contributed by atoms with Crippen LogP contribution < -0.4 is 15.0 Å². The zero-order valence-electron chi connectivity index (χ0n) is 17.5. The van der Waals surface area contributed by atoms with Gasteiger partial charge in [0.2, 0.25) is 0 Å². The Morgan fingerprint density at radius 3 is 2.52 bits per heavy atom. The maximum Gasteiger partial charge on any atom is 0.335 e. The van der Waals surface area contributed by atoms with E-state index in [-0.39, 0.29) is 11.3 Å². The molecular formula is C25H18BrClN2O4. The zero-order valence-corrected chi connectivity index (χ0v) is 19.8. The van der Waals surface area contributed by atoms with Crippen molar-refractivity contribution in [2.45, 2.75) is 6.42 Å². The van der Waals surface area contributed by atoms with E-state index in [1.54, 1.807) is 37.4 Å². The summed E-state index contributed by atoms with van der Waals surface area (Å²) in [6.07, 6.45) is 2.07. The number of amides is 4. The molecule has 6 nitrogen and oxygen atoms in total. The summed E-state index contributed by atoms with van der Waals surface area (Å²) in [6.45, 7) is 0. The molecule has 0 unspecified atom stereocenters. The van der Waals surface area contributed by atoms with Crippen molar-refractivity contribution in [1.82, 2.24) is 5.32 Å². The van der Waals surface area contributed by atoms with Crippen LogP contribution in [0.1, 0.15) is 16.7 Å². The number of anilines is 1. The lowest BCUT2D eigenvalue weighted by atomic mass is 10.0. The Kier molecular flexibility index (Phi) is 6.62. The van der Waals surface area contributed by atoms with Gasteiger partial charge in [0.25, 0.3) is 11.8 Å². The molecule has 1 heterocycles. The van der Waals surface area contributed by atoms with E-state index in [1.807, 2.05) is 30.3 Å². The number of methoxy groups -OCH3 is 1. The Hall–Kier alpha value is -3.42. The summed E-state index contributed by atoms with van der Waals surface area (Å²) in [5.41, 5.74) is 2.72. The molecule has 3 aromatic rings. The Bertz CT molecular complexity index is 1310. The monoisotopic (exact) mass is 524 g/mol. The number of nitrogens with one attached hydrogen (secondary N) is 1. The van der Waals surface area contributed by atoms with Crippen LogP contribution in [-0.4, -0.2) is 25.0 Å². The highest BCUT2D eigenvalue weighted by Gasteiger charge is 2.36. The van der Waals surface area contributed by atoms with Crippen molar-refractivity contribution < 1.29 is 19.1 Å². The summed E-state index contributed by atoms with van der Waals surface area (Å²) < 4.78 is 6.55. The maximum absolute atomic E-state index is 13.1. The van der Waals surface area contributed by atoms with Crippen LogP contribution in [0.3, 0.4) is 0 Å². The lowest BCUT2D eigenvalue weighted by molar-refractivity contribution is -0.122. The number of benzene rings is 3. The molecule has 1 fully saturated rings. The van der Waals surface area contributed by atoms with Crippen LogP contribution in [0.4, 0.5) is 10.5 Å². The molecule has 0 aromatic heterocycles. The molecule has 1 aliphatic heterocycles. The molecule has 4 amide bonds. The van der Waals surface area contributed by atoms with Gasteiger partial charge in [0.05, 0.1) is 12.8 Å². The number of carbonyl (C=O) groups excluding carboxylic acids is 3. The molecule has 1 saturated heterocycles. The van der Waals surface area contributed by atoms with E-state index < -0.39 is 17.8 Å². The first-order valence-electron chi connectivity index (χ1n) is 9.94. The average Bonchev–Trinajstić information content (AvgIpc) is 2.79. The van der Waals surface area contributed by atoms with Crippen molar-refractivity contribution in [2.75, 3.05) is 12.0 Å². The number of hydrogen-bond donors (Lipinski definition) is 1. The van der Waals surface area contributed by atoms with Gasteiger partial charge in [-0.15, -0.1) is 0 Å². The molecule has 1 aliphatic rings. The van der Waals surface area contributed by atoms with Gasteiger partial charge in [-0.3, -0.25) is 14.9 Å². The first kappa shape index (κ1) is 22.8. The molecule has 166 valence electrons. The van der Waals surface area contributed by atoms with Crippen molar-refractivity contribution in [3.8, 4) is 5.75 Å². The van der Waals surface area contributed by atoms with Crippen LogP contribution in [0.2, 0.25) is 5.02 Å². The maximum atomic E-state index is 13.1. The third-order valence-corrected chi connectivity index (χ3v) is 6.14. The third kappa shape index (κ3) is 4.84. The molecule has 0 bridgehead atoms. The van der Waals surface area contributed by atoms with Crippen molar-refractivity contribution in [3.63, 3.8) is 0 Å². The molecule has 1 N–H and O–H groups in total. The predicted octanol–water partition coefficient (Wildman–Crippen LogP) is 5.37. The molecule has 3 aromatic carbocycles. The minimum Gasteiger partial charge on any atom is -0.496 e. The van der Waals surface area contributed by atoms with Crippen LogP contribution >= 0.6 is 27.5 Å². The fraction of sp³-hybridized carbons (Fsp3) is 0.0800. The Balaban J connectivity index is 1.67. The molecular weight excluding hydrogens is 508 g/mol. The summed E-state index contributed by atoms with van der Waals surface area (Å²) in [6, 6.07) is 18.8. The van der Waals surface area contributed by atoms with Crippen LogP contribution in [0.15, 0.2) is 76.8 Å². The predicted molar refractivity (Wildman–Crippen MR) is 130 cm³/mol. The van der Waals surface area contributed by atoms with Crippen molar-refractivity contribution >= 4 is 57.1 Å². The summed E-state index contributed by atoms with van der Waals surface area (Å²) in [5, 5.41) is 2.57. The summed E-state index contributed by atoms with van der Waals surface area (Å²) in [4.78, 5) is 38.7. The quantitative estimate of drug-likeness (QED) is 0.359. The number of rotatable bonds is 5. The lowest BCUT2D eigenvalue weighted by Gasteiger charge is -2.26. The normalized spacial score (nSPS) is 15.1. The Labute approximate surface area is 203 Å². The number of urea groups is 1. The van der Waals surface area contributed by atoms with Crippen molar-refractivity contribution in [1.29, 1.82) is 0 Å². The minimum atomic E-state index is -0.828. The minimum absolute atomic E-state index is 0.171. The summed E-state index contributed by atoms with van der Waals surface area (Å²) in [7, 11) is 1.56. The van der Waals surface area contributed by atoms with Gasteiger partial charge in [0, 0.05) is 15.9 Å². The van der Waals surface area contributed by atoms with Crippen molar-refractivity contribution in [3.05, 3.63) is 98.5 Å². The molecule has 0 spiro atoms. The number of hydrogen-bond acceptors (Lipinski definition) is 4. The van der Waals surface area contributed by atoms with E-state index >= 15 is 0 Å². The second kappa shape index (κ2) is 9.60. The van der Waals surface area contributed by atoms with Crippen molar-refractivity contribution in [2.24, 2.45) is 0 Å². The molecule has 0 aliphatic carbocycles. The van der Waals surface area contributed by atoms with E-state index in [0.717, 1.165) is 20.5 Å². The fourth-order valence-electron chi connectivity index (χ4n) is 3.52. The molecule has 0 atom stereocenters. The second-order valence-electron chi connectivity index (χ2n) is 7.28. The van der Waals surface area contributed by atoms with Crippen LogP contribution in [0.5, 0.6) is 5.75 Å². The number of carbonyl (C=O) groups is 3. The first-order chi connectivity index (χ1) is 15.9. The number of ether oxygens (including phenoxy) is 1. The first-order valence-corrected chi connectivity index (χ1v) is 11.1. The van der Waals surface area contributed by atoms with Crippen LogP contribution in [-0.2, 0) is 16.0 Å². The van der Waals surface area contributed by atoms with Crippen LogP contribution in [0.25, 0.3) is 6.08 Å². The molecule has 0 saturated carbocycles. The largest absolute Gasteiger partial charge is 0.496 e. The second-order valence-corrected chi connectivity index (χ2v) is 8.57. The summed E-state index contributed by atoms with van der Waals surface area (Å²) >= 11 is 9.56. The van der Waals surface area contributed by atoms with Gasteiger partial charge in [-0.25, -0.2) is 9.69 Å². The van der Waals surface area contributed by atoms with Gasteiger partial charge in [-0.1, -0.05) is 63.9 Å². The number of imide groups is 2. The Morgan fingerprint density at radius 2 is 1.79 bits per heavy atom. The fourth-order valence-corrected chi connectivity index (χ4v) is 4.13. The number of halogens is 2. The zero-order chi connectivity index (χ0) is 23.5. The topological polar surface area (TPSA) is 75.7 Å². The SMILES string of the molecule is COc1cc(/C=C2\C(=O)NC(=O)N(c3cccc(Cl)c3)C2=O)ccc1Cc1ccccc1Br. The number of barbiturate groups is 1. The molecule has 33 heavy (non-hydrogen) atoms.